The number of nitrogens with one attached hydrogen (secondary N) is 1. The number of thiophene rings is 1. The number of hydrogen-bond acceptors (Lipinski definition) is 4. The van der Waals surface area contributed by atoms with Crippen molar-refractivity contribution >= 4 is 27.4 Å². The Bertz CT molecular complexity index is 534. The van der Waals surface area contributed by atoms with Gasteiger partial charge in [0.05, 0.1) is 10.2 Å². The van der Waals surface area contributed by atoms with E-state index < -0.39 is 0 Å². The summed E-state index contributed by atoms with van der Waals surface area (Å²) in [6, 6.07) is 0.579. The lowest BCUT2D eigenvalue weighted by molar-refractivity contribution is 0.555. The number of hydrogen-bond donors (Lipinski definition) is 1. The van der Waals surface area contributed by atoms with Gasteiger partial charge in [-0.1, -0.05) is 13.3 Å². The van der Waals surface area contributed by atoms with Crippen LogP contribution in [0.5, 0.6) is 0 Å². The maximum Gasteiger partial charge on any atom is 0.147 e. The fraction of sp³-hybridized carbons (Fsp3) is 0.538. The molecule has 1 aliphatic rings. The van der Waals surface area contributed by atoms with Gasteiger partial charge in [0.25, 0.3) is 0 Å². The molecule has 1 N–H and O–H groups in total. The van der Waals surface area contributed by atoms with Crippen molar-refractivity contribution in [3.05, 3.63) is 17.3 Å². The predicted molar refractivity (Wildman–Crippen MR) is 72.6 cm³/mol. The standard InChI is InChI=1S/C13H17N3S/c1-8-4-3-5-10(8)16-13-12-11(14-7-15-13)9(2)6-17-12/h6-8,10H,3-5H2,1-2H3,(H,14,15,16). The minimum Gasteiger partial charge on any atom is -0.366 e. The average molecular weight is 247 g/mol. The fourth-order valence-electron chi connectivity index (χ4n) is 2.61. The Labute approximate surface area is 105 Å². The van der Waals surface area contributed by atoms with Gasteiger partial charge in [-0.15, -0.1) is 11.3 Å². The lowest BCUT2D eigenvalue weighted by atomic mass is 10.1. The third kappa shape index (κ3) is 1.90. The SMILES string of the molecule is Cc1csc2c(NC3CCCC3C)ncnc12. The van der Waals surface area contributed by atoms with E-state index in [0.717, 1.165) is 17.3 Å². The first-order chi connectivity index (χ1) is 8.25. The third-order valence-corrected chi connectivity index (χ3v) is 4.81. The van der Waals surface area contributed by atoms with Crippen LogP contribution < -0.4 is 5.32 Å². The van der Waals surface area contributed by atoms with Gasteiger partial charge in [0, 0.05) is 6.04 Å². The van der Waals surface area contributed by atoms with Gasteiger partial charge in [-0.05, 0) is 36.6 Å². The van der Waals surface area contributed by atoms with Crippen LogP contribution in [0.15, 0.2) is 11.7 Å². The molecule has 1 fully saturated rings. The molecule has 2 unspecified atom stereocenters. The summed E-state index contributed by atoms with van der Waals surface area (Å²) in [5.41, 5.74) is 2.34. The highest BCUT2D eigenvalue weighted by atomic mass is 32.1. The van der Waals surface area contributed by atoms with Crippen molar-refractivity contribution in [3.63, 3.8) is 0 Å². The molecular weight excluding hydrogens is 230 g/mol. The number of fused-ring (bicyclic) bond motifs is 1. The van der Waals surface area contributed by atoms with Gasteiger partial charge in [-0.3, -0.25) is 0 Å². The van der Waals surface area contributed by atoms with Crippen LogP contribution in [0.2, 0.25) is 0 Å². The molecule has 2 atom stereocenters. The molecule has 0 bridgehead atoms. The summed E-state index contributed by atoms with van der Waals surface area (Å²) in [6.45, 7) is 4.43. The average Bonchev–Trinajstić information content (AvgIpc) is 2.89. The zero-order valence-electron chi connectivity index (χ0n) is 10.2. The Morgan fingerprint density at radius 3 is 3.00 bits per heavy atom. The zero-order valence-corrected chi connectivity index (χ0v) is 11.0. The molecule has 0 saturated heterocycles. The van der Waals surface area contributed by atoms with Crippen LogP contribution >= 0.6 is 11.3 Å². The van der Waals surface area contributed by atoms with Crippen LogP contribution in [0.25, 0.3) is 10.2 Å². The predicted octanol–water partition coefficient (Wildman–Crippen LogP) is 3.60. The number of aromatic nitrogens is 2. The van der Waals surface area contributed by atoms with Crippen LogP contribution in [0.1, 0.15) is 31.7 Å². The Hall–Kier alpha value is -1.16. The van der Waals surface area contributed by atoms with Gasteiger partial charge in [-0.2, -0.15) is 0 Å². The van der Waals surface area contributed by atoms with Gasteiger partial charge in [0.1, 0.15) is 12.1 Å². The first-order valence-corrected chi connectivity index (χ1v) is 7.09. The van der Waals surface area contributed by atoms with Crippen LogP contribution in [0.3, 0.4) is 0 Å². The zero-order chi connectivity index (χ0) is 11.8. The summed E-state index contributed by atoms with van der Waals surface area (Å²) >= 11 is 1.74. The van der Waals surface area contributed by atoms with Crippen molar-refractivity contribution < 1.29 is 0 Å². The van der Waals surface area contributed by atoms with Crippen LogP contribution in [-0.4, -0.2) is 16.0 Å². The summed E-state index contributed by atoms with van der Waals surface area (Å²) in [6.07, 6.45) is 5.59. The van der Waals surface area contributed by atoms with E-state index in [1.807, 2.05) is 0 Å². The molecule has 0 radical (unpaired) electrons. The second-order valence-corrected chi connectivity index (χ2v) is 5.86. The summed E-state index contributed by atoms with van der Waals surface area (Å²) in [5, 5.41) is 5.76. The first kappa shape index (κ1) is 11.0. The van der Waals surface area contributed by atoms with Crippen LogP contribution in [0.4, 0.5) is 5.82 Å². The minimum atomic E-state index is 0.579. The van der Waals surface area contributed by atoms with Gasteiger partial charge < -0.3 is 5.32 Å². The van der Waals surface area contributed by atoms with Crippen molar-refractivity contribution in [1.82, 2.24) is 9.97 Å². The molecule has 4 heteroatoms. The molecule has 2 aromatic rings. The maximum absolute atomic E-state index is 4.41. The molecule has 3 rings (SSSR count). The van der Waals surface area contributed by atoms with E-state index in [0.29, 0.717) is 6.04 Å². The molecule has 3 nitrogen and oxygen atoms in total. The summed E-state index contributed by atoms with van der Waals surface area (Å²) in [7, 11) is 0. The van der Waals surface area contributed by atoms with Crippen molar-refractivity contribution in [3.8, 4) is 0 Å². The second-order valence-electron chi connectivity index (χ2n) is 4.98. The Morgan fingerprint density at radius 2 is 2.24 bits per heavy atom. The van der Waals surface area contributed by atoms with E-state index in [1.165, 1.54) is 29.5 Å². The van der Waals surface area contributed by atoms with E-state index in [4.69, 9.17) is 0 Å². The van der Waals surface area contributed by atoms with Crippen molar-refractivity contribution in [1.29, 1.82) is 0 Å². The molecule has 0 spiro atoms. The van der Waals surface area contributed by atoms with E-state index in [-0.39, 0.29) is 0 Å². The summed E-state index contributed by atoms with van der Waals surface area (Å²) in [4.78, 5) is 8.76. The molecule has 2 aromatic heterocycles. The highest BCUT2D eigenvalue weighted by Crippen LogP contribution is 2.32. The smallest absolute Gasteiger partial charge is 0.147 e. The van der Waals surface area contributed by atoms with Gasteiger partial charge in [-0.25, -0.2) is 9.97 Å². The quantitative estimate of drug-likeness (QED) is 0.881. The topological polar surface area (TPSA) is 37.8 Å². The van der Waals surface area contributed by atoms with Crippen LogP contribution in [-0.2, 0) is 0 Å². The monoisotopic (exact) mass is 247 g/mol. The van der Waals surface area contributed by atoms with Crippen molar-refractivity contribution in [2.75, 3.05) is 5.32 Å². The molecule has 90 valence electrons. The van der Waals surface area contributed by atoms with Gasteiger partial charge in [0.2, 0.25) is 0 Å². The Kier molecular flexibility index (Phi) is 2.74. The number of anilines is 1. The van der Waals surface area contributed by atoms with Gasteiger partial charge >= 0.3 is 0 Å². The third-order valence-electron chi connectivity index (χ3n) is 3.71. The van der Waals surface area contributed by atoms with E-state index >= 15 is 0 Å². The van der Waals surface area contributed by atoms with Crippen molar-refractivity contribution in [2.45, 2.75) is 39.2 Å². The highest BCUT2D eigenvalue weighted by Gasteiger charge is 2.24. The lowest BCUT2D eigenvalue weighted by Crippen LogP contribution is -2.22. The number of aryl methyl sites for hydroxylation is 1. The highest BCUT2D eigenvalue weighted by molar-refractivity contribution is 7.18. The van der Waals surface area contributed by atoms with Gasteiger partial charge in [0.15, 0.2) is 0 Å². The molecular formula is C13H17N3S. The fourth-order valence-corrected chi connectivity index (χ4v) is 3.56. The van der Waals surface area contributed by atoms with Crippen molar-refractivity contribution in [2.24, 2.45) is 5.92 Å². The largest absolute Gasteiger partial charge is 0.366 e. The summed E-state index contributed by atoms with van der Waals surface area (Å²) in [5.74, 6) is 1.77. The van der Waals surface area contributed by atoms with Crippen LogP contribution in [0, 0.1) is 12.8 Å². The number of nitrogens with zero attached hydrogens (tertiary/aromatic N) is 2. The molecule has 2 heterocycles. The van der Waals surface area contributed by atoms with E-state index in [9.17, 15) is 0 Å². The molecule has 1 aliphatic carbocycles. The Morgan fingerprint density at radius 1 is 1.35 bits per heavy atom. The first-order valence-electron chi connectivity index (χ1n) is 6.21. The normalized spacial score (nSPS) is 24.4. The molecule has 1 saturated carbocycles. The molecule has 0 aromatic carbocycles. The minimum absolute atomic E-state index is 0.579. The lowest BCUT2D eigenvalue weighted by Gasteiger charge is -2.18. The van der Waals surface area contributed by atoms with E-state index in [1.54, 1.807) is 17.7 Å². The maximum atomic E-state index is 4.41. The van der Waals surface area contributed by atoms with E-state index in [2.05, 4.69) is 34.5 Å². The number of rotatable bonds is 2. The molecule has 0 aliphatic heterocycles. The summed E-state index contributed by atoms with van der Waals surface area (Å²) < 4.78 is 1.20. The molecule has 17 heavy (non-hydrogen) atoms. The Balaban J connectivity index is 1.94. The second kappa shape index (κ2) is 4.26. The molecule has 0 amide bonds.